The number of hydrogen-bond donors (Lipinski definition) is 0. The van der Waals surface area contributed by atoms with Gasteiger partial charge >= 0.3 is 0 Å². The van der Waals surface area contributed by atoms with E-state index in [4.69, 9.17) is 4.52 Å². The number of piperidine rings is 1. The molecule has 0 amide bonds. The Labute approximate surface area is 167 Å². The molecule has 5 nitrogen and oxygen atoms in total. The van der Waals surface area contributed by atoms with E-state index in [1.165, 1.54) is 18.4 Å². The third-order valence-corrected chi connectivity index (χ3v) is 6.09. The standard InChI is InChI=1S/C23H31N3O2/c1-15(2)14-17-4-6-18(7-5-17)21(27)19-10-12-26(13-11-19)16(3)23-24-22(25-28-23)20-8-9-20/h4-7,15-16,19-20H,8-14H2,1-3H3. The average molecular weight is 382 g/mol. The lowest BCUT2D eigenvalue weighted by Gasteiger charge is -2.34. The maximum Gasteiger partial charge on any atom is 0.243 e. The molecule has 1 saturated carbocycles. The van der Waals surface area contributed by atoms with Crippen molar-refractivity contribution in [3.8, 4) is 0 Å². The van der Waals surface area contributed by atoms with Crippen LogP contribution in [-0.2, 0) is 6.42 Å². The highest BCUT2D eigenvalue weighted by Gasteiger charge is 2.33. The van der Waals surface area contributed by atoms with Gasteiger partial charge < -0.3 is 4.52 Å². The molecule has 2 heterocycles. The molecule has 1 aromatic heterocycles. The van der Waals surface area contributed by atoms with Crippen LogP contribution in [0.2, 0.25) is 0 Å². The van der Waals surface area contributed by atoms with Crippen molar-refractivity contribution >= 4 is 5.78 Å². The van der Waals surface area contributed by atoms with E-state index in [-0.39, 0.29) is 17.7 Å². The minimum Gasteiger partial charge on any atom is -0.338 e. The molecule has 0 N–H and O–H groups in total. The Morgan fingerprint density at radius 1 is 1.11 bits per heavy atom. The summed E-state index contributed by atoms with van der Waals surface area (Å²) in [5.74, 6) is 3.13. The zero-order chi connectivity index (χ0) is 19.7. The molecule has 5 heteroatoms. The summed E-state index contributed by atoms with van der Waals surface area (Å²) in [5, 5.41) is 4.13. The summed E-state index contributed by atoms with van der Waals surface area (Å²) in [5.41, 5.74) is 2.16. The van der Waals surface area contributed by atoms with Crippen LogP contribution in [0.5, 0.6) is 0 Å². The van der Waals surface area contributed by atoms with Crippen LogP contribution in [0.15, 0.2) is 28.8 Å². The normalized spacial score (nSPS) is 19.9. The first-order valence-electron chi connectivity index (χ1n) is 10.7. The first kappa shape index (κ1) is 19.3. The predicted molar refractivity (Wildman–Crippen MR) is 108 cm³/mol. The third kappa shape index (κ3) is 4.35. The van der Waals surface area contributed by atoms with Gasteiger partial charge in [0.25, 0.3) is 0 Å². The Morgan fingerprint density at radius 2 is 1.79 bits per heavy atom. The number of Topliss-reactive ketones (excluding diaryl/α,β-unsaturated/α-hetero) is 1. The monoisotopic (exact) mass is 381 g/mol. The van der Waals surface area contributed by atoms with Crippen molar-refractivity contribution in [3.05, 3.63) is 47.1 Å². The molecule has 1 unspecified atom stereocenters. The summed E-state index contributed by atoms with van der Waals surface area (Å²) in [4.78, 5) is 19.9. The van der Waals surface area contributed by atoms with Crippen LogP contribution in [-0.4, -0.2) is 33.9 Å². The van der Waals surface area contributed by atoms with Crippen LogP contribution >= 0.6 is 0 Å². The van der Waals surface area contributed by atoms with Crippen LogP contribution < -0.4 is 0 Å². The van der Waals surface area contributed by atoms with E-state index in [1.807, 2.05) is 12.1 Å². The smallest absolute Gasteiger partial charge is 0.243 e. The molecule has 1 aromatic carbocycles. The summed E-state index contributed by atoms with van der Waals surface area (Å²) in [6.07, 6.45) is 5.20. The van der Waals surface area contributed by atoms with Gasteiger partial charge in [0.2, 0.25) is 5.89 Å². The molecule has 28 heavy (non-hydrogen) atoms. The fourth-order valence-corrected chi connectivity index (χ4v) is 4.14. The molecule has 2 aromatic rings. The number of ketones is 1. The van der Waals surface area contributed by atoms with Crippen molar-refractivity contribution in [2.24, 2.45) is 11.8 Å². The van der Waals surface area contributed by atoms with Gasteiger partial charge in [-0.25, -0.2) is 0 Å². The van der Waals surface area contributed by atoms with Crippen molar-refractivity contribution < 1.29 is 9.32 Å². The van der Waals surface area contributed by atoms with Crippen LogP contribution in [0, 0.1) is 11.8 Å². The first-order valence-corrected chi connectivity index (χ1v) is 10.7. The number of likely N-dealkylation sites (tertiary alicyclic amines) is 1. The summed E-state index contributed by atoms with van der Waals surface area (Å²) < 4.78 is 5.49. The number of nitrogens with zero attached hydrogens (tertiary/aromatic N) is 3. The van der Waals surface area contributed by atoms with Crippen LogP contribution in [0.1, 0.15) is 86.1 Å². The molecule has 4 rings (SSSR count). The molecule has 1 atom stereocenters. The Morgan fingerprint density at radius 3 is 2.39 bits per heavy atom. The fraction of sp³-hybridized carbons (Fsp3) is 0.609. The van der Waals surface area contributed by atoms with E-state index in [9.17, 15) is 4.79 Å². The van der Waals surface area contributed by atoms with Crippen molar-refractivity contribution in [1.82, 2.24) is 15.0 Å². The van der Waals surface area contributed by atoms with E-state index in [1.54, 1.807) is 0 Å². The van der Waals surface area contributed by atoms with E-state index in [2.05, 4.69) is 47.9 Å². The van der Waals surface area contributed by atoms with E-state index < -0.39 is 0 Å². The highest BCUT2D eigenvalue weighted by atomic mass is 16.5. The minimum absolute atomic E-state index is 0.115. The number of rotatable bonds is 7. The van der Waals surface area contributed by atoms with E-state index in [0.29, 0.717) is 17.7 Å². The molecule has 0 spiro atoms. The number of benzene rings is 1. The Hall–Kier alpha value is -2.01. The zero-order valence-corrected chi connectivity index (χ0v) is 17.2. The van der Waals surface area contributed by atoms with Gasteiger partial charge in [0.1, 0.15) is 0 Å². The van der Waals surface area contributed by atoms with Crippen molar-refractivity contribution in [3.63, 3.8) is 0 Å². The van der Waals surface area contributed by atoms with Gasteiger partial charge in [-0.15, -0.1) is 0 Å². The lowest BCUT2D eigenvalue weighted by molar-refractivity contribution is 0.0774. The van der Waals surface area contributed by atoms with Gasteiger partial charge in [0.15, 0.2) is 11.6 Å². The molecular weight excluding hydrogens is 350 g/mol. The molecule has 2 aliphatic rings. The van der Waals surface area contributed by atoms with Gasteiger partial charge in [-0.1, -0.05) is 43.3 Å². The highest BCUT2D eigenvalue weighted by molar-refractivity contribution is 5.97. The van der Waals surface area contributed by atoms with Crippen LogP contribution in [0.3, 0.4) is 0 Å². The van der Waals surface area contributed by atoms with Crippen molar-refractivity contribution in [2.45, 2.75) is 64.8 Å². The number of aromatic nitrogens is 2. The SMILES string of the molecule is CC(C)Cc1ccc(C(=O)C2CCN(C(C)c3nc(C4CC4)no3)CC2)cc1. The lowest BCUT2D eigenvalue weighted by atomic mass is 9.88. The van der Waals surface area contributed by atoms with Crippen LogP contribution in [0.25, 0.3) is 0 Å². The molecule has 1 aliphatic heterocycles. The van der Waals surface area contributed by atoms with Crippen molar-refractivity contribution in [2.75, 3.05) is 13.1 Å². The molecule has 0 bridgehead atoms. The number of carbonyl (C=O) groups is 1. The fourth-order valence-electron chi connectivity index (χ4n) is 4.14. The lowest BCUT2D eigenvalue weighted by Crippen LogP contribution is -2.38. The predicted octanol–water partition coefficient (Wildman–Crippen LogP) is 4.80. The zero-order valence-electron chi connectivity index (χ0n) is 17.2. The largest absolute Gasteiger partial charge is 0.338 e. The molecule has 1 saturated heterocycles. The van der Waals surface area contributed by atoms with Gasteiger partial charge in [-0.05, 0) is 63.6 Å². The van der Waals surface area contributed by atoms with Gasteiger partial charge in [0.05, 0.1) is 6.04 Å². The minimum atomic E-state index is 0.115. The first-order chi connectivity index (χ1) is 13.5. The van der Waals surface area contributed by atoms with Crippen LogP contribution in [0.4, 0.5) is 0 Å². The quantitative estimate of drug-likeness (QED) is 0.645. The molecule has 1 aliphatic carbocycles. The maximum absolute atomic E-state index is 12.9. The number of hydrogen-bond acceptors (Lipinski definition) is 5. The van der Waals surface area contributed by atoms with Gasteiger partial charge in [-0.3, -0.25) is 9.69 Å². The Kier molecular flexibility index (Phi) is 5.63. The van der Waals surface area contributed by atoms with E-state index in [0.717, 1.165) is 43.7 Å². The average Bonchev–Trinajstić information content (AvgIpc) is 3.44. The Balaban J connectivity index is 1.32. The molecule has 0 radical (unpaired) electrons. The third-order valence-electron chi connectivity index (χ3n) is 6.09. The molecule has 2 fully saturated rings. The maximum atomic E-state index is 12.9. The Bertz CT molecular complexity index is 800. The van der Waals surface area contributed by atoms with E-state index >= 15 is 0 Å². The van der Waals surface area contributed by atoms with Crippen molar-refractivity contribution in [1.29, 1.82) is 0 Å². The summed E-state index contributed by atoms with van der Waals surface area (Å²) in [6, 6.07) is 8.35. The molecule has 150 valence electrons. The summed E-state index contributed by atoms with van der Waals surface area (Å²) >= 11 is 0. The highest BCUT2D eigenvalue weighted by Crippen LogP contribution is 2.39. The summed E-state index contributed by atoms with van der Waals surface area (Å²) in [7, 11) is 0. The second-order valence-corrected chi connectivity index (χ2v) is 8.91. The van der Waals surface area contributed by atoms with Gasteiger partial charge in [0, 0.05) is 17.4 Å². The summed E-state index contributed by atoms with van der Waals surface area (Å²) in [6.45, 7) is 8.35. The van der Waals surface area contributed by atoms with Gasteiger partial charge in [-0.2, -0.15) is 4.98 Å². The number of carbonyl (C=O) groups excluding carboxylic acids is 1. The second-order valence-electron chi connectivity index (χ2n) is 8.91. The molecular formula is C23H31N3O2. The topological polar surface area (TPSA) is 59.2 Å². The second kappa shape index (κ2) is 8.16.